The summed E-state index contributed by atoms with van der Waals surface area (Å²) < 4.78 is 0. The Labute approximate surface area is 139 Å². The van der Waals surface area contributed by atoms with Gasteiger partial charge in [-0.05, 0) is 56.6 Å². The molecule has 2 aliphatic rings. The summed E-state index contributed by atoms with van der Waals surface area (Å²) in [5.41, 5.74) is 0.730. The highest BCUT2D eigenvalue weighted by molar-refractivity contribution is 5.94. The topological polar surface area (TPSA) is 36.4 Å². The van der Waals surface area contributed by atoms with Crippen molar-refractivity contribution in [3.8, 4) is 0 Å². The van der Waals surface area contributed by atoms with Gasteiger partial charge in [-0.15, -0.1) is 0 Å². The van der Waals surface area contributed by atoms with E-state index < -0.39 is 0 Å². The maximum atomic E-state index is 12.6. The Morgan fingerprint density at radius 1 is 1.22 bits per heavy atom. The maximum absolute atomic E-state index is 12.6. The van der Waals surface area contributed by atoms with Gasteiger partial charge in [0, 0.05) is 31.9 Å². The molecule has 3 rings (SSSR count). The lowest BCUT2D eigenvalue weighted by Crippen LogP contribution is -2.40. The molecular formula is C19H29N3O. The standard InChI is InChI=1S/C19H29N3O/c1-3-17-8-4-5-12-22(17)18-10-9-16(13-20-18)19(23)21-11-6-7-15(2)14-21/h9-10,13,15,17H,3-8,11-12,14H2,1-2H3. The van der Waals surface area contributed by atoms with E-state index in [1.54, 1.807) is 6.20 Å². The number of carbonyl (C=O) groups is 1. The summed E-state index contributed by atoms with van der Waals surface area (Å²) in [5, 5.41) is 0. The van der Waals surface area contributed by atoms with E-state index in [9.17, 15) is 4.79 Å². The highest BCUT2D eigenvalue weighted by atomic mass is 16.2. The van der Waals surface area contributed by atoms with Crippen molar-refractivity contribution in [3.05, 3.63) is 23.9 Å². The molecule has 0 bridgehead atoms. The lowest BCUT2D eigenvalue weighted by atomic mass is 9.99. The summed E-state index contributed by atoms with van der Waals surface area (Å²) in [6.07, 6.45) is 9.10. The van der Waals surface area contributed by atoms with Crippen molar-refractivity contribution < 1.29 is 4.79 Å². The van der Waals surface area contributed by atoms with Crippen molar-refractivity contribution in [3.63, 3.8) is 0 Å². The summed E-state index contributed by atoms with van der Waals surface area (Å²) in [6.45, 7) is 7.32. The highest BCUT2D eigenvalue weighted by Crippen LogP contribution is 2.25. The molecule has 2 fully saturated rings. The van der Waals surface area contributed by atoms with Gasteiger partial charge < -0.3 is 9.80 Å². The fourth-order valence-electron chi connectivity index (χ4n) is 3.97. The molecule has 0 spiro atoms. The van der Waals surface area contributed by atoms with E-state index in [1.165, 1.54) is 25.7 Å². The first-order valence-corrected chi connectivity index (χ1v) is 9.21. The zero-order valence-corrected chi connectivity index (χ0v) is 14.5. The van der Waals surface area contributed by atoms with Crippen LogP contribution in [0.3, 0.4) is 0 Å². The van der Waals surface area contributed by atoms with E-state index in [1.807, 2.05) is 17.0 Å². The van der Waals surface area contributed by atoms with Gasteiger partial charge in [0.2, 0.25) is 0 Å². The number of nitrogens with zero attached hydrogens (tertiary/aromatic N) is 3. The third-order valence-electron chi connectivity index (χ3n) is 5.33. The molecule has 1 amide bonds. The van der Waals surface area contributed by atoms with E-state index in [-0.39, 0.29) is 5.91 Å². The Morgan fingerprint density at radius 2 is 2.09 bits per heavy atom. The summed E-state index contributed by atoms with van der Waals surface area (Å²) in [5.74, 6) is 1.78. The molecule has 2 aliphatic heterocycles. The summed E-state index contributed by atoms with van der Waals surface area (Å²) >= 11 is 0. The van der Waals surface area contributed by atoms with Crippen molar-refractivity contribution in [2.45, 2.75) is 58.4 Å². The normalized spacial score (nSPS) is 25.5. The molecular weight excluding hydrogens is 286 g/mol. The lowest BCUT2D eigenvalue weighted by molar-refractivity contribution is 0.0682. The fraction of sp³-hybridized carbons (Fsp3) is 0.684. The zero-order valence-electron chi connectivity index (χ0n) is 14.5. The van der Waals surface area contributed by atoms with Gasteiger partial charge in [0.15, 0.2) is 0 Å². The minimum Gasteiger partial charge on any atom is -0.354 e. The molecule has 2 unspecified atom stereocenters. The highest BCUT2D eigenvalue weighted by Gasteiger charge is 2.24. The van der Waals surface area contributed by atoms with Crippen LogP contribution in [0.2, 0.25) is 0 Å². The molecule has 23 heavy (non-hydrogen) atoms. The van der Waals surface area contributed by atoms with Crippen molar-refractivity contribution in [2.24, 2.45) is 5.92 Å². The van der Waals surface area contributed by atoms with Gasteiger partial charge in [-0.3, -0.25) is 4.79 Å². The summed E-state index contributed by atoms with van der Waals surface area (Å²) in [7, 11) is 0. The number of anilines is 1. The monoisotopic (exact) mass is 315 g/mol. The van der Waals surface area contributed by atoms with Crippen LogP contribution in [0.15, 0.2) is 18.3 Å². The molecule has 126 valence electrons. The van der Waals surface area contributed by atoms with Crippen LogP contribution in [0.1, 0.15) is 62.7 Å². The SMILES string of the molecule is CCC1CCCCN1c1ccc(C(=O)N2CCCC(C)C2)cn1. The average molecular weight is 315 g/mol. The number of carbonyl (C=O) groups excluding carboxylic acids is 1. The first kappa shape index (κ1) is 16.3. The predicted molar refractivity (Wildman–Crippen MR) is 93.8 cm³/mol. The third kappa shape index (κ3) is 3.67. The number of amides is 1. The van der Waals surface area contributed by atoms with Crippen LogP contribution < -0.4 is 4.90 Å². The molecule has 0 aromatic carbocycles. The molecule has 1 aromatic heterocycles. The Balaban J connectivity index is 1.70. The second-order valence-corrected chi connectivity index (χ2v) is 7.15. The molecule has 0 radical (unpaired) electrons. The van der Waals surface area contributed by atoms with E-state index in [4.69, 9.17) is 0 Å². The Kier molecular flexibility index (Phi) is 5.19. The quantitative estimate of drug-likeness (QED) is 0.853. The van der Waals surface area contributed by atoms with Gasteiger partial charge in [-0.25, -0.2) is 4.98 Å². The van der Waals surface area contributed by atoms with Gasteiger partial charge in [-0.2, -0.15) is 0 Å². The largest absolute Gasteiger partial charge is 0.354 e. The molecule has 1 aromatic rings. The van der Waals surface area contributed by atoms with Crippen LogP contribution in [0.4, 0.5) is 5.82 Å². The average Bonchev–Trinajstić information content (AvgIpc) is 2.61. The van der Waals surface area contributed by atoms with Crippen LogP contribution in [-0.4, -0.2) is 41.5 Å². The van der Waals surface area contributed by atoms with Crippen molar-refractivity contribution in [1.29, 1.82) is 0 Å². The molecule has 2 saturated heterocycles. The number of likely N-dealkylation sites (tertiary alicyclic amines) is 1. The smallest absolute Gasteiger partial charge is 0.255 e. The van der Waals surface area contributed by atoms with Crippen LogP contribution in [-0.2, 0) is 0 Å². The molecule has 0 N–H and O–H groups in total. The Morgan fingerprint density at radius 3 is 2.78 bits per heavy atom. The maximum Gasteiger partial charge on any atom is 0.255 e. The second kappa shape index (κ2) is 7.33. The fourth-order valence-corrected chi connectivity index (χ4v) is 3.97. The number of aromatic nitrogens is 1. The van der Waals surface area contributed by atoms with Gasteiger partial charge in [0.25, 0.3) is 5.91 Å². The minimum atomic E-state index is 0.140. The summed E-state index contributed by atoms with van der Waals surface area (Å²) in [4.78, 5) is 21.6. The number of piperidine rings is 2. The number of rotatable bonds is 3. The third-order valence-corrected chi connectivity index (χ3v) is 5.33. The minimum absolute atomic E-state index is 0.140. The van der Waals surface area contributed by atoms with Gasteiger partial charge in [-0.1, -0.05) is 13.8 Å². The zero-order chi connectivity index (χ0) is 16.2. The Bertz CT molecular complexity index is 528. The van der Waals surface area contributed by atoms with Crippen LogP contribution in [0, 0.1) is 5.92 Å². The van der Waals surface area contributed by atoms with E-state index >= 15 is 0 Å². The van der Waals surface area contributed by atoms with Crippen molar-refractivity contribution >= 4 is 11.7 Å². The Hall–Kier alpha value is -1.58. The van der Waals surface area contributed by atoms with Crippen LogP contribution in [0.5, 0.6) is 0 Å². The lowest BCUT2D eigenvalue weighted by Gasteiger charge is -2.36. The summed E-state index contributed by atoms with van der Waals surface area (Å²) in [6, 6.07) is 4.60. The molecule has 0 aliphatic carbocycles. The molecule has 0 saturated carbocycles. The number of hydrogen-bond acceptors (Lipinski definition) is 3. The van der Waals surface area contributed by atoms with Gasteiger partial charge >= 0.3 is 0 Å². The molecule has 2 atom stereocenters. The molecule has 3 heterocycles. The van der Waals surface area contributed by atoms with Gasteiger partial charge in [0.05, 0.1) is 5.56 Å². The molecule has 4 heteroatoms. The van der Waals surface area contributed by atoms with E-state index in [0.717, 1.165) is 43.9 Å². The van der Waals surface area contributed by atoms with E-state index in [2.05, 4.69) is 23.7 Å². The van der Waals surface area contributed by atoms with Gasteiger partial charge in [0.1, 0.15) is 5.82 Å². The van der Waals surface area contributed by atoms with Crippen LogP contribution >= 0.6 is 0 Å². The van der Waals surface area contributed by atoms with Crippen molar-refractivity contribution in [1.82, 2.24) is 9.88 Å². The first-order valence-electron chi connectivity index (χ1n) is 9.21. The number of pyridine rings is 1. The number of hydrogen-bond donors (Lipinski definition) is 0. The first-order chi connectivity index (χ1) is 11.2. The van der Waals surface area contributed by atoms with Crippen molar-refractivity contribution in [2.75, 3.05) is 24.5 Å². The van der Waals surface area contributed by atoms with Crippen LogP contribution in [0.25, 0.3) is 0 Å². The second-order valence-electron chi connectivity index (χ2n) is 7.15. The molecule has 4 nitrogen and oxygen atoms in total. The predicted octanol–water partition coefficient (Wildman–Crippen LogP) is 3.72. The van der Waals surface area contributed by atoms with E-state index in [0.29, 0.717) is 12.0 Å².